The van der Waals surface area contributed by atoms with Crippen LogP contribution in [0.4, 0.5) is 8.78 Å². The lowest BCUT2D eigenvalue weighted by Crippen LogP contribution is -2.30. The van der Waals surface area contributed by atoms with E-state index in [0.717, 1.165) is 31.5 Å². The number of likely N-dealkylation sites (tertiary alicyclic amines) is 1. The highest BCUT2D eigenvalue weighted by molar-refractivity contribution is 5.76. The van der Waals surface area contributed by atoms with Crippen LogP contribution >= 0.6 is 0 Å². The van der Waals surface area contributed by atoms with Crippen LogP contribution in [0.25, 0.3) is 0 Å². The number of rotatable bonds is 6. The first-order chi connectivity index (χ1) is 9.66. The first-order valence-corrected chi connectivity index (χ1v) is 7.02. The second-order valence-corrected chi connectivity index (χ2v) is 5.06. The molecule has 3 nitrogen and oxygen atoms in total. The van der Waals surface area contributed by atoms with E-state index >= 15 is 0 Å². The number of halogens is 2. The third-order valence-electron chi connectivity index (χ3n) is 3.54. The topological polar surface area (TPSA) is 32.3 Å². The average Bonchev–Trinajstić information content (AvgIpc) is 2.98. The zero-order valence-electron chi connectivity index (χ0n) is 11.4. The Morgan fingerprint density at radius 3 is 2.45 bits per heavy atom. The maximum absolute atomic E-state index is 12.4. The Labute approximate surface area is 118 Å². The molecule has 1 fully saturated rings. The standard InChI is InChI=1S/C15H20F2N2O/c16-15(17)13-5-3-12(4-6-13)11-18-8-7-14(20)19-9-1-2-10-19/h3-6,15,18H,1-2,7-11H2. The third kappa shape index (κ3) is 4.27. The Morgan fingerprint density at radius 2 is 1.85 bits per heavy atom. The smallest absolute Gasteiger partial charge is 0.263 e. The van der Waals surface area contributed by atoms with E-state index in [1.807, 2.05) is 4.90 Å². The molecule has 20 heavy (non-hydrogen) atoms. The molecule has 1 amide bonds. The number of alkyl halides is 2. The van der Waals surface area contributed by atoms with E-state index in [4.69, 9.17) is 0 Å². The predicted octanol–water partition coefficient (Wildman–Crippen LogP) is 2.73. The van der Waals surface area contributed by atoms with Crippen LogP contribution in [0.2, 0.25) is 0 Å². The molecule has 0 atom stereocenters. The molecule has 1 saturated heterocycles. The first-order valence-electron chi connectivity index (χ1n) is 7.02. The van der Waals surface area contributed by atoms with E-state index in [0.29, 0.717) is 19.5 Å². The number of hydrogen-bond acceptors (Lipinski definition) is 2. The molecule has 1 aromatic rings. The lowest BCUT2D eigenvalue weighted by atomic mass is 10.1. The van der Waals surface area contributed by atoms with Crippen LogP contribution in [0, 0.1) is 0 Å². The minimum atomic E-state index is -2.42. The van der Waals surface area contributed by atoms with Gasteiger partial charge in [-0.3, -0.25) is 4.79 Å². The van der Waals surface area contributed by atoms with E-state index in [1.165, 1.54) is 12.1 Å². The molecule has 2 rings (SSSR count). The quantitative estimate of drug-likeness (QED) is 0.814. The Bertz CT molecular complexity index is 428. The second-order valence-electron chi connectivity index (χ2n) is 5.06. The van der Waals surface area contributed by atoms with Crippen molar-refractivity contribution >= 4 is 5.91 Å². The van der Waals surface area contributed by atoms with Gasteiger partial charge in [0.15, 0.2) is 0 Å². The Morgan fingerprint density at radius 1 is 1.20 bits per heavy atom. The number of carbonyl (C=O) groups is 1. The van der Waals surface area contributed by atoms with Gasteiger partial charge >= 0.3 is 0 Å². The SMILES string of the molecule is O=C(CCNCc1ccc(C(F)F)cc1)N1CCCC1. The molecule has 1 aromatic carbocycles. The highest BCUT2D eigenvalue weighted by atomic mass is 19.3. The van der Waals surface area contributed by atoms with E-state index in [-0.39, 0.29) is 11.5 Å². The Kier molecular flexibility index (Phi) is 5.47. The van der Waals surface area contributed by atoms with Gasteiger partial charge in [-0.15, -0.1) is 0 Å². The summed E-state index contributed by atoms with van der Waals surface area (Å²) in [6.07, 6.45) is 0.288. The van der Waals surface area contributed by atoms with Crippen LogP contribution in [0.1, 0.15) is 36.8 Å². The Hall–Kier alpha value is -1.49. The molecule has 0 bridgehead atoms. The normalized spacial score (nSPS) is 15.1. The van der Waals surface area contributed by atoms with Crippen molar-refractivity contribution in [2.75, 3.05) is 19.6 Å². The lowest BCUT2D eigenvalue weighted by Gasteiger charge is -2.15. The van der Waals surface area contributed by atoms with Crippen molar-refractivity contribution in [1.29, 1.82) is 0 Å². The monoisotopic (exact) mass is 282 g/mol. The number of hydrogen-bond donors (Lipinski definition) is 1. The summed E-state index contributed by atoms with van der Waals surface area (Å²) >= 11 is 0. The van der Waals surface area contributed by atoms with Crippen LogP contribution in [0.15, 0.2) is 24.3 Å². The molecule has 0 aliphatic carbocycles. The summed E-state index contributed by atoms with van der Waals surface area (Å²) in [5.41, 5.74) is 0.987. The molecule has 0 unspecified atom stereocenters. The second kappa shape index (κ2) is 7.33. The molecule has 0 radical (unpaired) electrons. The fourth-order valence-corrected chi connectivity index (χ4v) is 2.33. The summed E-state index contributed by atoms with van der Waals surface area (Å²) in [6, 6.07) is 6.27. The van der Waals surface area contributed by atoms with Crippen molar-refractivity contribution in [2.24, 2.45) is 0 Å². The van der Waals surface area contributed by atoms with Crippen molar-refractivity contribution < 1.29 is 13.6 Å². The van der Waals surface area contributed by atoms with Gasteiger partial charge in [-0.2, -0.15) is 0 Å². The van der Waals surface area contributed by atoms with Crippen LogP contribution in [0.5, 0.6) is 0 Å². The van der Waals surface area contributed by atoms with Crippen LogP contribution in [-0.2, 0) is 11.3 Å². The number of amides is 1. The van der Waals surface area contributed by atoms with Crippen LogP contribution in [0.3, 0.4) is 0 Å². The summed E-state index contributed by atoms with van der Waals surface area (Å²) in [7, 11) is 0. The number of carbonyl (C=O) groups excluding carboxylic acids is 1. The molecule has 110 valence electrons. The van der Waals surface area contributed by atoms with E-state index < -0.39 is 6.43 Å². The van der Waals surface area contributed by atoms with Crippen molar-refractivity contribution in [3.05, 3.63) is 35.4 Å². The molecule has 0 saturated carbocycles. The minimum Gasteiger partial charge on any atom is -0.343 e. The zero-order valence-corrected chi connectivity index (χ0v) is 11.4. The summed E-state index contributed by atoms with van der Waals surface area (Å²) in [5.74, 6) is 0.197. The van der Waals surface area contributed by atoms with Crippen LogP contribution in [-0.4, -0.2) is 30.4 Å². The van der Waals surface area contributed by atoms with E-state index in [2.05, 4.69) is 5.32 Å². The van der Waals surface area contributed by atoms with Crippen molar-refractivity contribution in [3.8, 4) is 0 Å². The molecule has 1 N–H and O–H groups in total. The average molecular weight is 282 g/mol. The van der Waals surface area contributed by atoms with E-state index in [1.54, 1.807) is 12.1 Å². The molecule has 1 aliphatic heterocycles. The maximum Gasteiger partial charge on any atom is 0.263 e. The summed E-state index contributed by atoms with van der Waals surface area (Å²) in [6.45, 7) is 2.98. The molecule has 5 heteroatoms. The molecule has 1 heterocycles. The van der Waals surface area contributed by atoms with Gasteiger partial charge in [0.1, 0.15) is 0 Å². The van der Waals surface area contributed by atoms with Crippen molar-refractivity contribution in [3.63, 3.8) is 0 Å². The minimum absolute atomic E-state index is 0.0398. The highest BCUT2D eigenvalue weighted by Gasteiger charge is 2.16. The molecule has 0 aromatic heterocycles. The van der Waals surface area contributed by atoms with Gasteiger partial charge < -0.3 is 10.2 Å². The fraction of sp³-hybridized carbons (Fsp3) is 0.533. The van der Waals surface area contributed by atoms with Gasteiger partial charge in [-0.25, -0.2) is 8.78 Å². The number of benzene rings is 1. The first kappa shape index (κ1) is 14.9. The lowest BCUT2D eigenvalue weighted by molar-refractivity contribution is -0.130. The van der Waals surface area contributed by atoms with Gasteiger partial charge in [0.25, 0.3) is 6.43 Å². The van der Waals surface area contributed by atoms with Crippen molar-refractivity contribution in [2.45, 2.75) is 32.2 Å². The van der Waals surface area contributed by atoms with Gasteiger partial charge in [-0.1, -0.05) is 24.3 Å². The van der Waals surface area contributed by atoms with E-state index in [9.17, 15) is 13.6 Å². The molecule has 0 spiro atoms. The summed E-state index contributed by atoms with van der Waals surface area (Å²) in [4.78, 5) is 13.7. The molecular weight excluding hydrogens is 262 g/mol. The van der Waals surface area contributed by atoms with Crippen molar-refractivity contribution in [1.82, 2.24) is 10.2 Å². The fourth-order valence-electron chi connectivity index (χ4n) is 2.33. The molecular formula is C15H20F2N2O. The van der Waals surface area contributed by atoms with Gasteiger partial charge in [0.05, 0.1) is 0 Å². The molecule has 1 aliphatic rings. The Balaban J connectivity index is 1.66. The van der Waals surface area contributed by atoms with Crippen LogP contribution < -0.4 is 5.32 Å². The number of nitrogens with one attached hydrogen (secondary N) is 1. The van der Waals surface area contributed by atoms with Gasteiger partial charge in [0, 0.05) is 38.2 Å². The van der Waals surface area contributed by atoms with Gasteiger partial charge in [-0.05, 0) is 18.4 Å². The van der Waals surface area contributed by atoms with Gasteiger partial charge in [0.2, 0.25) is 5.91 Å². The number of nitrogens with zero attached hydrogens (tertiary/aromatic N) is 1. The highest BCUT2D eigenvalue weighted by Crippen LogP contribution is 2.18. The summed E-state index contributed by atoms with van der Waals surface area (Å²) in [5, 5.41) is 3.17. The zero-order chi connectivity index (χ0) is 14.4. The predicted molar refractivity (Wildman–Crippen MR) is 73.5 cm³/mol. The largest absolute Gasteiger partial charge is 0.343 e. The third-order valence-corrected chi connectivity index (χ3v) is 3.54. The maximum atomic E-state index is 12.4. The summed E-state index contributed by atoms with van der Waals surface area (Å²) < 4.78 is 24.8.